The van der Waals surface area contributed by atoms with Gasteiger partial charge in [-0.1, -0.05) is 6.07 Å². The minimum absolute atomic E-state index is 0. The maximum Gasteiger partial charge on any atom is 0.220 e. The summed E-state index contributed by atoms with van der Waals surface area (Å²) >= 11 is 1.71. The number of rotatable bonds is 7. The van der Waals surface area contributed by atoms with E-state index in [1.54, 1.807) is 11.3 Å². The van der Waals surface area contributed by atoms with Crippen LogP contribution in [-0.4, -0.2) is 26.0 Å². The van der Waals surface area contributed by atoms with Gasteiger partial charge in [-0.05, 0) is 37.9 Å². The average Bonchev–Trinajstić information content (AvgIpc) is 2.74. The number of carbonyl (C=O) groups excluding carboxylic acids is 1. The van der Waals surface area contributed by atoms with Crippen molar-refractivity contribution in [1.29, 1.82) is 0 Å². The summed E-state index contributed by atoms with van der Waals surface area (Å²) < 4.78 is 0. The third-order valence-electron chi connectivity index (χ3n) is 2.10. The van der Waals surface area contributed by atoms with E-state index in [2.05, 4.69) is 16.7 Å². The first-order valence-electron chi connectivity index (χ1n) is 5.26. The molecule has 0 aromatic carbocycles. The highest BCUT2D eigenvalue weighted by Crippen LogP contribution is 2.10. The van der Waals surface area contributed by atoms with Gasteiger partial charge in [-0.3, -0.25) is 4.79 Å². The molecule has 0 bridgehead atoms. The van der Waals surface area contributed by atoms with Crippen molar-refractivity contribution in [3.05, 3.63) is 22.4 Å². The number of halogens is 1. The van der Waals surface area contributed by atoms with Crippen LogP contribution in [0.5, 0.6) is 0 Å². The lowest BCUT2D eigenvalue weighted by atomic mass is 10.2. The van der Waals surface area contributed by atoms with Gasteiger partial charge in [0.2, 0.25) is 5.91 Å². The molecule has 5 heteroatoms. The fourth-order valence-electron chi connectivity index (χ4n) is 1.27. The lowest BCUT2D eigenvalue weighted by Crippen LogP contribution is -2.26. The second-order valence-corrected chi connectivity index (χ2v) is 4.42. The van der Waals surface area contributed by atoms with Gasteiger partial charge >= 0.3 is 0 Å². The molecule has 0 radical (unpaired) electrons. The molecule has 92 valence electrons. The molecule has 1 aromatic heterocycles. The van der Waals surface area contributed by atoms with Gasteiger partial charge in [0.15, 0.2) is 0 Å². The molecule has 1 amide bonds. The van der Waals surface area contributed by atoms with Crippen LogP contribution in [-0.2, 0) is 11.2 Å². The highest BCUT2D eigenvalue weighted by molar-refractivity contribution is 7.09. The van der Waals surface area contributed by atoms with Gasteiger partial charge in [-0.15, -0.1) is 23.7 Å². The van der Waals surface area contributed by atoms with E-state index in [-0.39, 0.29) is 18.3 Å². The van der Waals surface area contributed by atoms with E-state index in [1.807, 2.05) is 18.5 Å². The van der Waals surface area contributed by atoms with E-state index in [0.717, 1.165) is 25.9 Å². The Morgan fingerprint density at radius 2 is 2.25 bits per heavy atom. The van der Waals surface area contributed by atoms with Crippen LogP contribution in [0.15, 0.2) is 17.5 Å². The third kappa shape index (κ3) is 6.82. The second kappa shape index (κ2) is 9.63. The van der Waals surface area contributed by atoms with Crippen LogP contribution < -0.4 is 10.6 Å². The van der Waals surface area contributed by atoms with Gasteiger partial charge < -0.3 is 10.6 Å². The minimum Gasteiger partial charge on any atom is -0.356 e. The Bertz CT molecular complexity index is 278. The van der Waals surface area contributed by atoms with Crippen LogP contribution in [0.2, 0.25) is 0 Å². The normalized spacial score (nSPS) is 9.56. The lowest BCUT2D eigenvalue weighted by Gasteiger charge is -2.03. The molecule has 0 saturated carbocycles. The van der Waals surface area contributed by atoms with Crippen molar-refractivity contribution < 1.29 is 4.79 Å². The fourth-order valence-corrected chi connectivity index (χ4v) is 1.98. The van der Waals surface area contributed by atoms with E-state index >= 15 is 0 Å². The van der Waals surface area contributed by atoms with Crippen molar-refractivity contribution in [1.82, 2.24) is 10.6 Å². The number of hydrogen-bond donors (Lipinski definition) is 2. The first-order chi connectivity index (χ1) is 7.33. The standard InChI is InChI=1S/C11H18N2OS.ClH/c1-12-7-3-8-13-11(14)6-5-10-4-2-9-15-10;/h2,4,9,12H,3,5-8H2,1H3,(H,13,14);1H. The molecule has 1 heterocycles. The van der Waals surface area contributed by atoms with E-state index in [0.29, 0.717) is 6.42 Å². The Morgan fingerprint density at radius 3 is 2.88 bits per heavy atom. The summed E-state index contributed by atoms with van der Waals surface area (Å²) in [4.78, 5) is 12.7. The summed E-state index contributed by atoms with van der Waals surface area (Å²) in [7, 11) is 1.92. The smallest absolute Gasteiger partial charge is 0.220 e. The van der Waals surface area contributed by atoms with Crippen LogP contribution in [0.4, 0.5) is 0 Å². The highest BCUT2D eigenvalue weighted by atomic mass is 35.5. The fraction of sp³-hybridized carbons (Fsp3) is 0.545. The molecule has 1 aromatic rings. The Hall–Kier alpha value is -0.580. The molecular formula is C11H19ClN2OS. The van der Waals surface area contributed by atoms with Gasteiger partial charge in [0.05, 0.1) is 0 Å². The van der Waals surface area contributed by atoms with Gasteiger partial charge in [-0.25, -0.2) is 0 Å². The molecule has 0 aliphatic heterocycles. The van der Waals surface area contributed by atoms with E-state index in [4.69, 9.17) is 0 Å². The molecule has 0 atom stereocenters. The van der Waals surface area contributed by atoms with Crippen LogP contribution in [0.25, 0.3) is 0 Å². The van der Waals surface area contributed by atoms with Gasteiger partial charge in [0, 0.05) is 17.8 Å². The maximum absolute atomic E-state index is 11.4. The molecule has 0 spiro atoms. The summed E-state index contributed by atoms with van der Waals surface area (Å²) in [5.41, 5.74) is 0. The van der Waals surface area contributed by atoms with Crippen molar-refractivity contribution in [3.8, 4) is 0 Å². The molecule has 3 nitrogen and oxygen atoms in total. The number of amides is 1. The summed E-state index contributed by atoms with van der Waals surface area (Å²) in [6, 6.07) is 4.09. The second-order valence-electron chi connectivity index (χ2n) is 3.39. The quantitative estimate of drug-likeness (QED) is 0.736. The monoisotopic (exact) mass is 262 g/mol. The average molecular weight is 263 g/mol. The molecule has 1 rings (SSSR count). The van der Waals surface area contributed by atoms with Crippen LogP contribution in [0.1, 0.15) is 17.7 Å². The lowest BCUT2D eigenvalue weighted by molar-refractivity contribution is -0.121. The zero-order chi connectivity index (χ0) is 10.9. The first-order valence-corrected chi connectivity index (χ1v) is 6.14. The molecule has 0 fully saturated rings. The molecular weight excluding hydrogens is 244 g/mol. The van der Waals surface area contributed by atoms with Crippen molar-refractivity contribution in [2.24, 2.45) is 0 Å². The van der Waals surface area contributed by atoms with Crippen molar-refractivity contribution in [3.63, 3.8) is 0 Å². The Kier molecular flexibility index (Phi) is 9.28. The summed E-state index contributed by atoms with van der Waals surface area (Å²) in [5.74, 6) is 0.152. The van der Waals surface area contributed by atoms with Crippen molar-refractivity contribution >= 4 is 29.7 Å². The Labute approximate surface area is 107 Å². The largest absolute Gasteiger partial charge is 0.356 e. The topological polar surface area (TPSA) is 41.1 Å². The predicted molar refractivity (Wildman–Crippen MR) is 71.4 cm³/mol. The Balaban J connectivity index is 0.00000225. The van der Waals surface area contributed by atoms with Gasteiger partial charge in [0.1, 0.15) is 0 Å². The number of aryl methyl sites for hydroxylation is 1. The molecule has 16 heavy (non-hydrogen) atoms. The molecule has 0 aliphatic rings. The van der Waals surface area contributed by atoms with Crippen LogP contribution in [0, 0.1) is 0 Å². The van der Waals surface area contributed by atoms with Crippen LogP contribution >= 0.6 is 23.7 Å². The number of carbonyl (C=O) groups is 1. The first kappa shape index (κ1) is 15.4. The molecule has 0 saturated heterocycles. The third-order valence-corrected chi connectivity index (χ3v) is 3.04. The SMILES string of the molecule is CNCCCNC(=O)CCc1cccs1.Cl. The van der Waals surface area contributed by atoms with E-state index in [1.165, 1.54) is 4.88 Å². The van der Waals surface area contributed by atoms with E-state index in [9.17, 15) is 4.79 Å². The molecule has 0 unspecified atom stereocenters. The Morgan fingerprint density at radius 1 is 1.44 bits per heavy atom. The number of nitrogens with one attached hydrogen (secondary N) is 2. The molecule has 0 aliphatic carbocycles. The highest BCUT2D eigenvalue weighted by Gasteiger charge is 2.01. The zero-order valence-electron chi connectivity index (χ0n) is 9.49. The summed E-state index contributed by atoms with van der Waals surface area (Å²) in [6.07, 6.45) is 2.44. The van der Waals surface area contributed by atoms with Gasteiger partial charge in [-0.2, -0.15) is 0 Å². The summed E-state index contributed by atoms with van der Waals surface area (Å²) in [5, 5.41) is 7.99. The van der Waals surface area contributed by atoms with Crippen molar-refractivity contribution in [2.75, 3.05) is 20.1 Å². The van der Waals surface area contributed by atoms with Gasteiger partial charge in [0.25, 0.3) is 0 Å². The van der Waals surface area contributed by atoms with Crippen molar-refractivity contribution in [2.45, 2.75) is 19.3 Å². The minimum atomic E-state index is 0. The number of hydrogen-bond acceptors (Lipinski definition) is 3. The van der Waals surface area contributed by atoms with E-state index < -0.39 is 0 Å². The predicted octanol–water partition coefficient (Wildman–Crippen LogP) is 1.83. The maximum atomic E-state index is 11.4. The zero-order valence-corrected chi connectivity index (χ0v) is 11.1. The summed E-state index contributed by atoms with van der Waals surface area (Å²) in [6.45, 7) is 1.72. The van der Waals surface area contributed by atoms with Crippen LogP contribution in [0.3, 0.4) is 0 Å². The molecule has 2 N–H and O–H groups in total. The number of thiophene rings is 1.